The Kier molecular flexibility index (Phi) is 4.63. The Morgan fingerprint density at radius 3 is 2.65 bits per heavy atom. The van der Waals surface area contributed by atoms with Crippen LogP contribution in [0.15, 0.2) is 36.7 Å². The first-order valence-electron chi connectivity index (χ1n) is 8.17. The number of rotatable bonds is 3. The zero-order valence-electron chi connectivity index (χ0n) is 14.8. The van der Waals surface area contributed by atoms with E-state index in [2.05, 4.69) is 18.8 Å². The molecular weight excluding hydrogens is 396 g/mol. The van der Waals surface area contributed by atoms with Gasteiger partial charge in [0.15, 0.2) is 5.78 Å². The van der Waals surface area contributed by atoms with Gasteiger partial charge in [0.1, 0.15) is 5.75 Å². The van der Waals surface area contributed by atoms with Crippen LogP contribution in [0.3, 0.4) is 0 Å². The summed E-state index contributed by atoms with van der Waals surface area (Å²) in [6.07, 6.45) is 3.72. The topological polar surface area (TPSA) is 66.2 Å². The van der Waals surface area contributed by atoms with Crippen molar-refractivity contribution in [2.45, 2.75) is 20.8 Å². The van der Waals surface area contributed by atoms with Gasteiger partial charge in [0, 0.05) is 27.1 Å². The van der Waals surface area contributed by atoms with Crippen LogP contribution in [0.25, 0.3) is 32.6 Å². The summed E-state index contributed by atoms with van der Waals surface area (Å²) < 4.78 is 1.58. The van der Waals surface area contributed by atoms with Crippen molar-refractivity contribution in [3.05, 3.63) is 47.8 Å². The molecule has 4 rings (SSSR count). The van der Waals surface area contributed by atoms with Gasteiger partial charge in [0.25, 0.3) is 0 Å². The Labute approximate surface area is 160 Å². The maximum absolute atomic E-state index is 11.2. The third-order valence-corrected chi connectivity index (χ3v) is 4.69. The molecule has 0 fully saturated rings. The van der Waals surface area contributed by atoms with Gasteiger partial charge in [0.2, 0.25) is 19.0 Å². The summed E-state index contributed by atoms with van der Waals surface area (Å²) in [4.78, 5) is 20.1. The van der Waals surface area contributed by atoms with Crippen molar-refractivity contribution < 1.29 is 36.5 Å². The van der Waals surface area contributed by atoms with Crippen LogP contribution in [0.1, 0.15) is 18.1 Å². The van der Waals surface area contributed by atoms with E-state index in [1.54, 1.807) is 16.9 Å². The van der Waals surface area contributed by atoms with E-state index in [9.17, 15) is 9.90 Å². The number of hydrogen-bond acceptors (Lipinski definition) is 3. The Hall–Kier alpha value is -2.60. The van der Waals surface area contributed by atoms with Crippen molar-refractivity contribution in [1.82, 2.24) is 4.98 Å². The Morgan fingerprint density at radius 1 is 1.15 bits per heavy atom. The van der Waals surface area contributed by atoms with E-state index in [0.29, 0.717) is 0 Å². The van der Waals surface area contributed by atoms with E-state index in [1.807, 2.05) is 24.5 Å². The SMILES string of the molecule is CC(=O)CO[n+]1ccc2c(C)c3[nH]c4ccc(O)cc4c3c(C)c2c1.[Br-]. The highest BCUT2D eigenvalue weighted by Crippen LogP contribution is 2.36. The van der Waals surface area contributed by atoms with Crippen LogP contribution in [-0.4, -0.2) is 22.5 Å². The number of fused-ring (bicyclic) bond motifs is 4. The first kappa shape index (κ1) is 18.2. The number of nitrogens with zero attached hydrogens (tertiary/aromatic N) is 1. The number of Topliss-reactive ketones (excluding diaryl/α,β-unsaturated/α-hetero) is 1. The van der Waals surface area contributed by atoms with Crippen molar-refractivity contribution in [2.24, 2.45) is 0 Å². The standard InChI is InChI=1S/C20H18N2O3.BrH/c1-11(23)10-25-22-7-6-15-13(3)20-19(12(2)17(15)9-22)16-8-14(24)4-5-18(16)21-20;/h4-9,24H,10H2,1-3H3;1H. The number of aryl methyl sites for hydroxylation is 2. The summed E-state index contributed by atoms with van der Waals surface area (Å²) in [5.41, 5.74) is 4.32. The number of nitrogens with one attached hydrogen (secondary N) is 1. The number of carbonyl (C=O) groups is 1. The van der Waals surface area contributed by atoms with Crippen LogP contribution in [0.5, 0.6) is 5.75 Å². The predicted molar refractivity (Wildman–Crippen MR) is 96.8 cm³/mol. The molecule has 2 aromatic heterocycles. The zero-order chi connectivity index (χ0) is 17.7. The summed E-state index contributed by atoms with van der Waals surface area (Å²) in [6, 6.07) is 7.37. The lowest BCUT2D eigenvalue weighted by atomic mass is 9.97. The van der Waals surface area contributed by atoms with Gasteiger partial charge in [-0.3, -0.25) is 9.63 Å². The molecule has 2 N–H and O–H groups in total. The fourth-order valence-electron chi connectivity index (χ4n) is 3.47. The van der Waals surface area contributed by atoms with Crippen molar-refractivity contribution in [3.8, 4) is 5.75 Å². The molecule has 0 aliphatic carbocycles. The monoisotopic (exact) mass is 414 g/mol. The third kappa shape index (κ3) is 2.80. The van der Waals surface area contributed by atoms with Crippen molar-refractivity contribution in [2.75, 3.05) is 6.61 Å². The maximum atomic E-state index is 11.2. The molecule has 2 heterocycles. The van der Waals surface area contributed by atoms with Gasteiger partial charge in [-0.1, -0.05) is 0 Å². The highest BCUT2D eigenvalue weighted by Gasteiger charge is 2.17. The van der Waals surface area contributed by atoms with Crippen molar-refractivity contribution in [1.29, 1.82) is 0 Å². The largest absolute Gasteiger partial charge is 1.00 e. The van der Waals surface area contributed by atoms with Crippen molar-refractivity contribution in [3.63, 3.8) is 0 Å². The summed E-state index contributed by atoms with van der Waals surface area (Å²) in [5.74, 6) is 0.224. The summed E-state index contributed by atoms with van der Waals surface area (Å²) in [6.45, 7) is 5.69. The van der Waals surface area contributed by atoms with Gasteiger partial charge in [-0.25, -0.2) is 0 Å². The van der Waals surface area contributed by atoms with Crippen LogP contribution >= 0.6 is 0 Å². The normalized spacial score (nSPS) is 11.0. The second-order valence-corrected chi connectivity index (χ2v) is 6.46. The molecular formula is C20H19BrN2O3. The zero-order valence-corrected chi connectivity index (χ0v) is 16.3. The second kappa shape index (κ2) is 6.61. The molecule has 26 heavy (non-hydrogen) atoms. The maximum Gasteiger partial charge on any atom is 0.230 e. The first-order chi connectivity index (χ1) is 12.0. The number of aromatic amines is 1. The Bertz CT molecular complexity index is 1160. The highest BCUT2D eigenvalue weighted by molar-refractivity contribution is 6.16. The number of H-pyrrole nitrogens is 1. The molecule has 6 heteroatoms. The first-order valence-corrected chi connectivity index (χ1v) is 8.17. The van der Waals surface area contributed by atoms with Gasteiger partial charge in [-0.05, 0) is 55.5 Å². The lowest BCUT2D eigenvalue weighted by Gasteiger charge is -2.08. The van der Waals surface area contributed by atoms with Gasteiger partial charge >= 0.3 is 0 Å². The molecule has 5 nitrogen and oxygen atoms in total. The third-order valence-electron chi connectivity index (χ3n) is 4.69. The van der Waals surface area contributed by atoms with Crippen LogP contribution in [0, 0.1) is 13.8 Å². The highest BCUT2D eigenvalue weighted by atomic mass is 79.9. The smallest absolute Gasteiger partial charge is 0.230 e. The van der Waals surface area contributed by atoms with E-state index in [0.717, 1.165) is 43.7 Å². The lowest BCUT2D eigenvalue weighted by molar-refractivity contribution is -0.888. The molecule has 4 aromatic rings. The number of halogens is 1. The van der Waals surface area contributed by atoms with Gasteiger partial charge in [-0.2, -0.15) is 0 Å². The Morgan fingerprint density at radius 2 is 1.92 bits per heavy atom. The molecule has 0 spiro atoms. The second-order valence-electron chi connectivity index (χ2n) is 6.46. The van der Waals surface area contributed by atoms with Crippen LogP contribution in [0.2, 0.25) is 0 Å². The lowest BCUT2D eigenvalue weighted by Crippen LogP contribution is -3.00. The number of aromatic hydroxyl groups is 1. The fourth-order valence-corrected chi connectivity index (χ4v) is 3.47. The number of pyridine rings is 1. The minimum Gasteiger partial charge on any atom is -1.00 e. The molecule has 2 aromatic carbocycles. The fraction of sp³-hybridized carbons (Fsp3) is 0.200. The average Bonchev–Trinajstić information content (AvgIpc) is 2.96. The number of carbonyl (C=O) groups excluding carboxylic acids is 1. The number of phenolic OH excluding ortho intramolecular Hbond substituents is 1. The predicted octanol–water partition coefficient (Wildman–Crippen LogP) is 0.106. The summed E-state index contributed by atoms with van der Waals surface area (Å²) >= 11 is 0. The van der Waals surface area contributed by atoms with Crippen LogP contribution in [-0.2, 0) is 4.79 Å². The molecule has 0 radical (unpaired) electrons. The minimum absolute atomic E-state index is 0. The van der Waals surface area contributed by atoms with E-state index in [-0.39, 0.29) is 35.1 Å². The average molecular weight is 415 g/mol. The Balaban J connectivity index is 0.00000196. The summed E-state index contributed by atoms with van der Waals surface area (Å²) in [7, 11) is 0. The molecule has 0 bridgehead atoms. The van der Waals surface area contributed by atoms with Gasteiger partial charge < -0.3 is 27.1 Å². The number of aromatic nitrogens is 2. The van der Waals surface area contributed by atoms with Gasteiger partial charge in [0.05, 0.1) is 10.9 Å². The van der Waals surface area contributed by atoms with E-state index in [1.165, 1.54) is 6.92 Å². The molecule has 0 unspecified atom stereocenters. The van der Waals surface area contributed by atoms with Crippen LogP contribution in [0.4, 0.5) is 0 Å². The molecule has 0 amide bonds. The number of ketones is 1. The van der Waals surface area contributed by atoms with Gasteiger partial charge in [-0.15, -0.1) is 0 Å². The quantitative estimate of drug-likeness (QED) is 0.467. The number of phenols is 1. The molecule has 0 aliphatic rings. The summed E-state index contributed by atoms with van der Waals surface area (Å²) in [5, 5.41) is 14.2. The van der Waals surface area contributed by atoms with E-state index in [4.69, 9.17) is 4.84 Å². The molecule has 0 atom stereocenters. The molecule has 0 saturated heterocycles. The van der Waals surface area contributed by atoms with Crippen molar-refractivity contribution >= 4 is 38.4 Å². The minimum atomic E-state index is -0.0249. The van der Waals surface area contributed by atoms with E-state index >= 15 is 0 Å². The van der Waals surface area contributed by atoms with Crippen LogP contribution < -0.4 is 26.5 Å². The molecule has 0 saturated carbocycles. The molecule has 0 aliphatic heterocycles. The molecule has 134 valence electrons. The van der Waals surface area contributed by atoms with E-state index < -0.39 is 0 Å². The number of benzene rings is 2. The number of hydrogen-bond donors (Lipinski definition) is 2.